The lowest BCUT2D eigenvalue weighted by Gasteiger charge is -2.09. The van der Waals surface area contributed by atoms with Crippen LogP contribution in [-0.4, -0.2) is 34.4 Å². The Kier molecular flexibility index (Phi) is 4.79. The summed E-state index contributed by atoms with van der Waals surface area (Å²) in [6, 6.07) is 17.1. The number of pyridine rings is 1. The van der Waals surface area contributed by atoms with E-state index in [1.165, 1.54) is 0 Å². The third-order valence-electron chi connectivity index (χ3n) is 4.28. The first kappa shape index (κ1) is 17.4. The van der Waals surface area contributed by atoms with E-state index in [0.29, 0.717) is 17.1 Å². The number of amides is 1. The molecule has 0 saturated carbocycles. The molecule has 7 nitrogen and oxygen atoms in total. The van der Waals surface area contributed by atoms with E-state index < -0.39 is 0 Å². The number of methoxy groups -OCH3 is 1. The summed E-state index contributed by atoms with van der Waals surface area (Å²) < 4.78 is 5.51. The van der Waals surface area contributed by atoms with E-state index in [1.54, 1.807) is 43.9 Å². The average molecular weight is 371 g/mol. The van der Waals surface area contributed by atoms with Crippen LogP contribution in [0.15, 0.2) is 72.1 Å². The van der Waals surface area contributed by atoms with Gasteiger partial charge in [0, 0.05) is 12.4 Å². The maximum atomic E-state index is 12.4. The van der Waals surface area contributed by atoms with Gasteiger partial charge >= 0.3 is 0 Å². The zero-order valence-corrected chi connectivity index (χ0v) is 15.1. The Bertz CT molecular complexity index is 1150. The summed E-state index contributed by atoms with van der Waals surface area (Å²) in [7, 11) is 1.61. The number of benzene rings is 2. The van der Waals surface area contributed by atoms with Crippen LogP contribution in [0.5, 0.6) is 5.75 Å². The molecule has 0 aliphatic carbocycles. The highest BCUT2D eigenvalue weighted by molar-refractivity contribution is 6.00. The molecule has 2 aromatic heterocycles. The van der Waals surface area contributed by atoms with E-state index in [-0.39, 0.29) is 5.91 Å². The van der Waals surface area contributed by atoms with E-state index >= 15 is 0 Å². The third kappa shape index (κ3) is 3.45. The highest BCUT2D eigenvalue weighted by Crippen LogP contribution is 2.36. The second-order valence-electron chi connectivity index (χ2n) is 6.01. The number of fused-ring (bicyclic) bond motifs is 1. The molecule has 0 atom stereocenters. The number of H-pyrrole nitrogens is 1. The van der Waals surface area contributed by atoms with Crippen molar-refractivity contribution >= 4 is 22.9 Å². The van der Waals surface area contributed by atoms with Gasteiger partial charge in [-0.1, -0.05) is 30.3 Å². The number of hydrogen-bond donors (Lipinski definition) is 2. The lowest BCUT2D eigenvalue weighted by Crippen LogP contribution is -2.17. The van der Waals surface area contributed by atoms with Gasteiger partial charge in [0.1, 0.15) is 11.4 Å². The quantitative estimate of drug-likeness (QED) is 0.415. The molecule has 0 radical (unpaired) electrons. The minimum Gasteiger partial charge on any atom is -0.496 e. The topological polar surface area (TPSA) is 92.3 Å². The smallest absolute Gasteiger partial charge is 0.289 e. The molecule has 0 unspecified atom stereocenters. The van der Waals surface area contributed by atoms with Crippen molar-refractivity contribution in [1.82, 2.24) is 20.6 Å². The minimum atomic E-state index is -0.386. The molecular formula is C21H17N5O2. The first-order valence-corrected chi connectivity index (χ1v) is 8.61. The summed E-state index contributed by atoms with van der Waals surface area (Å²) in [6.07, 6.45) is 4.86. The summed E-state index contributed by atoms with van der Waals surface area (Å²) in [4.78, 5) is 16.3. The average Bonchev–Trinajstić information content (AvgIpc) is 3.23. The van der Waals surface area contributed by atoms with E-state index in [1.807, 2.05) is 36.4 Å². The van der Waals surface area contributed by atoms with Crippen molar-refractivity contribution in [3.8, 4) is 17.0 Å². The normalized spacial score (nSPS) is 11.0. The lowest BCUT2D eigenvalue weighted by atomic mass is 10.0. The van der Waals surface area contributed by atoms with Crippen molar-refractivity contribution in [2.24, 2.45) is 5.10 Å². The molecule has 1 amide bonds. The molecule has 0 bridgehead atoms. The monoisotopic (exact) mass is 371 g/mol. The van der Waals surface area contributed by atoms with E-state index in [4.69, 9.17) is 4.74 Å². The van der Waals surface area contributed by atoms with E-state index in [9.17, 15) is 4.79 Å². The molecule has 7 heteroatoms. The van der Waals surface area contributed by atoms with Crippen LogP contribution in [0, 0.1) is 0 Å². The van der Waals surface area contributed by atoms with E-state index in [2.05, 4.69) is 25.7 Å². The number of hydrazone groups is 1. The Morgan fingerprint density at radius 1 is 1.14 bits per heavy atom. The Hall–Kier alpha value is -4.00. The fraction of sp³-hybridized carbons (Fsp3) is 0.0476. The Labute approximate surface area is 161 Å². The van der Waals surface area contributed by atoms with Crippen molar-refractivity contribution in [2.75, 3.05) is 7.11 Å². The fourth-order valence-corrected chi connectivity index (χ4v) is 2.93. The maximum Gasteiger partial charge on any atom is 0.289 e. The molecule has 2 N–H and O–H groups in total. The van der Waals surface area contributed by atoms with Crippen LogP contribution in [0.25, 0.3) is 22.0 Å². The Balaban J connectivity index is 1.60. The van der Waals surface area contributed by atoms with Crippen molar-refractivity contribution in [3.63, 3.8) is 0 Å². The molecule has 2 heterocycles. The summed E-state index contributed by atoms with van der Waals surface area (Å²) in [5.41, 5.74) is 5.07. The number of aromatic amines is 1. The van der Waals surface area contributed by atoms with Crippen molar-refractivity contribution < 1.29 is 9.53 Å². The molecule has 138 valence electrons. The molecule has 4 rings (SSSR count). The zero-order valence-electron chi connectivity index (χ0n) is 15.1. The minimum absolute atomic E-state index is 0.303. The molecule has 28 heavy (non-hydrogen) atoms. The van der Waals surface area contributed by atoms with Crippen LogP contribution in [-0.2, 0) is 0 Å². The molecule has 0 aliphatic heterocycles. The van der Waals surface area contributed by atoms with Gasteiger partial charge in [0.15, 0.2) is 0 Å². The summed E-state index contributed by atoms with van der Waals surface area (Å²) in [6.45, 7) is 0. The number of hydrogen-bond acceptors (Lipinski definition) is 5. The highest BCUT2D eigenvalue weighted by atomic mass is 16.5. The third-order valence-corrected chi connectivity index (χ3v) is 4.28. The van der Waals surface area contributed by atoms with Gasteiger partial charge in [-0.2, -0.15) is 10.2 Å². The van der Waals surface area contributed by atoms with Crippen LogP contribution >= 0.6 is 0 Å². The number of carbonyl (C=O) groups is 1. The van der Waals surface area contributed by atoms with Crippen LogP contribution in [0.2, 0.25) is 0 Å². The molecule has 0 aliphatic rings. The summed E-state index contributed by atoms with van der Waals surface area (Å²) in [5.74, 6) is 0.302. The largest absolute Gasteiger partial charge is 0.496 e. The van der Waals surface area contributed by atoms with Gasteiger partial charge in [-0.3, -0.25) is 14.9 Å². The molecule has 2 aromatic carbocycles. The van der Waals surface area contributed by atoms with Crippen molar-refractivity contribution in [1.29, 1.82) is 0 Å². The molecule has 0 fully saturated rings. The van der Waals surface area contributed by atoms with Gasteiger partial charge < -0.3 is 4.74 Å². The second kappa shape index (κ2) is 7.71. The zero-order chi connectivity index (χ0) is 19.3. The molecule has 4 aromatic rings. The maximum absolute atomic E-state index is 12.4. The van der Waals surface area contributed by atoms with Gasteiger partial charge in [-0.25, -0.2) is 5.43 Å². The summed E-state index contributed by atoms with van der Waals surface area (Å²) >= 11 is 0. The number of aromatic nitrogens is 3. The van der Waals surface area contributed by atoms with Gasteiger partial charge in [0.05, 0.1) is 24.6 Å². The highest BCUT2D eigenvalue weighted by Gasteiger charge is 2.16. The SMILES string of the molecule is COc1ccc2ccccc2c1-c1cc(C(=O)N/N=C\c2ccncc2)[nH]n1. The van der Waals surface area contributed by atoms with Crippen molar-refractivity contribution in [2.45, 2.75) is 0 Å². The van der Waals surface area contributed by atoms with Crippen LogP contribution in [0.3, 0.4) is 0 Å². The number of ether oxygens (including phenoxy) is 1. The number of rotatable bonds is 5. The lowest BCUT2D eigenvalue weighted by molar-refractivity contribution is 0.0950. The van der Waals surface area contributed by atoms with Crippen molar-refractivity contribution in [3.05, 3.63) is 78.2 Å². The molecule has 0 saturated heterocycles. The predicted octanol–water partition coefficient (Wildman–Crippen LogP) is 3.40. The fourth-order valence-electron chi connectivity index (χ4n) is 2.93. The second-order valence-corrected chi connectivity index (χ2v) is 6.01. The Morgan fingerprint density at radius 3 is 2.79 bits per heavy atom. The molecular weight excluding hydrogens is 354 g/mol. The number of nitrogens with zero attached hydrogens (tertiary/aromatic N) is 3. The number of carbonyl (C=O) groups excluding carboxylic acids is 1. The van der Waals surface area contributed by atoms with Gasteiger partial charge in [0.25, 0.3) is 5.91 Å². The van der Waals surface area contributed by atoms with Gasteiger partial charge in [-0.05, 0) is 40.6 Å². The van der Waals surface area contributed by atoms with Gasteiger partial charge in [0.2, 0.25) is 0 Å². The standard InChI is InChI=1S/C21H17N5O2/c1-28-19-7-6-15-4-2-3-5-16(15)20(19)17-12-18(25-24-17)21(27)26-23-13-14-8-10-22-11-9-14/h2-13H,1H3,(H,24,25)(H,26,27)/b23-13-. The van der Waals surface area contributed by atoms with Crippen LogP contribution < -0.4 is 10.2 Å². The molecule has 0 spiro atoms. The first-order valence-electron chi connectivity index (χ1n) is 8.61. The van der Waals surface area contributed by atoms with E-state index in [0.717, 1.165) is 21.9 Å². The number of nitrogens with one attached hydrogen (secondary N) is 2. The van der Waals surface area contributed by atoms with Crippen LogP contribution in [0.1, 0.15) is 16.1 Å². The first-order chi connectivity index (χ1) is 13.8. The predicted molar refractivity (Wildman–Crippen MR) is 107 cm³/mol. The summed E-state index contributed by atoms with van der Waals surface area (Å²) in [5, 5.41) is 13.1. The Morgan fingerprint density at radius 2 is 1.96 bits per heavy atom. The van der Waals surface area contributed by atoms with Gasteiger partial charge in [-0.15, -0.1) is 0 Å². The van der Waals surface area contributed by atoms with Crippen LogP contribution in [0.4, 0.5) is 0 Å².